The molecule has 0 heterocycles. The monoisotopic (exact) mass is 485 g/mol. The van der Waals surface area contributed by atoms with Gasteiger partial charge in [0.05, 0.1) is 0 Å². The van der Waals surface area contributed by atoms with Crippen molar-refractivity contribution in [2.45, 2.75) is 5.92 Å². The van der Waals surface area contributed by atoms with Crippen molar-refractivity contribution in [1.82, 2.24) is 0 Å². The Bertz CT molecular complexity index is 1420. The second-order valence-electron chi connectivity index (χ2n) is 10.0. The van der Waals surface area contributed by atoms with Crippen molar-refractivity contribution < 1.29 is 0 Å². The zero-order chi connectivity index (χ0) is 25.9. The van der Waals surface area contributed by atoms with E-state index in [-0.39, 0.29) is 5.92 Å². The summed E-state index contributed by atoms with van der Waals surface area (Å²) in [4.78, 5) is 6.62. The summed E-state index contributed by atoms with van der Waals surface area (Å²) in [6, 6.07) is 41.9. The van der Waals surface area contributed by atoms with Crippen LogP contribution < -0.4 is 14.7 Å². The maximum atomic E-state index is 2.32. The second kappa shape index (κ2) is 10.4. The molecule has 0 aromatic heterocycles. The minimum absolute atomic E-state index is 0.0692. The van der Waals surface area contributed by atoms with Gasteiger partial charge in [0.25, 0.3) is 0 Å². The Balaban J connectivity index is 1.78. The number of benzene rings is 5. The molecule has 0 fully saturated rings. The summed E-state index contributed by atoms with van der Waals surface area (Å²) in [7, 11) is 10.5. The Kier molecular flexibility index (Phi) is 6.87. The summed E-state index contributed by atoms with van der Waals surface area (Å²) in [6.45, 7) is 0. The quantitative estimate of drug-likeness (QED) is 0.217. The molecule has 0 aliphatic rings. The van der Waals surface area contributed by atoms with Crippen LogP contribution in [0.5, 0.6) is 0 Å². The van der Waals surface area contributed by atoms with E-state index in [1.807, 2.05) is 0 Å². The lowest BCUT2D eigenvalue weighted by Crippen LogP contribution is -2.16. The number of nitrogens with zero attached hydrogens (tertiary/aromatic N) is 3. The zero-order valence-electron chi connectivity index (χ0n) is 22.4. The fraction of sp³-hybridized carbons (Fsp3) is 0.176. The molecule has 5 aromatic carbocycles. The molecule has 3 heteroatoms. The molecule has 0 saturated heterocycles. The molecule has 0 unspecified atom stereocenters. The normalized spacial score (nSPS) is 11.1. The van der Waals surface area contributed by atoms with Crippen LogP contribution in [0, 0.1) is 0 Å². The van der Waals surface area contributed by atoms with Gasteiger partial charge in [-0.1, -0.05) is 72.8 Å². The SMILES string of the molecule is CN(C)c1ccc(C(c2ccc(N(C)C)cc2)c2c(N(C)c3ccccc3)ccc3ccccc23)cc1. The van der Waals surface area contributed by atoms with Gasteiger partial charge in [0.2, 0.25) is 0 Å². The van der Waals surface area contributed by atoms with E-state index in [9.17, 15) is 0 Å². The maximum Gasteiger partial charge on any atom is 0.0456 e. The first-order valence-electron chi connectivity index (χ1n) is 12.8. The molecule has 3 nitrogen and oxygen atoms in total. The van der Waals surface area contributed by atoms with Crippen molar-refractivity contribution in [2.24, 2.45) is 0 Å². The van der Waals surface area contributed by atoms with Gasteiger partial charge in [0.15, 0.2) is 0 Å². The molecule has 0 radical (unpaired) electrons. The van der Waals surface area contributed by atoms with E-state index in [4.69, 9.17) is 0 Å². The standard InChI is InChI=1S/C34H35N3/c1-35(2)28-20-15-26(16-21-28)33(27-17-22-29(23-18-27)36(3)4)34-31-14-10-9-11-25(31)19-24-32(34)37(5)30-12-7-6-8-13-30/h6-24,33H,1-5H3. The second-order valence-corrected chi connectivity index (χ2v) is 10.0. The number of rotatable bonds is 7. The lowest BCUT2D eigenvalue weighted by atomic mass is 9.81. The molecular weight excluding hydrogens is 450 g/mol. The summed E-state index contributed by atoms with van der Waals surface area (Å²) in [5.41, 5.74) is 8.66. The van der Waals surface area contributed by atoms with Crippen LogP contribution in [0.25, 0.3) is 10.8 Å². The van der Waals surface area contributed by atoms with Gasteiger partial charge in [-0.2, -0.15) is 0 Å². The number of anilines is 4. The Morgan fingerprint density at radius 1 is 0.459 bits per heavy atom. The third kappa shape index (κ3) is 4.90. The van der Waals surface area contributed by atoms with E-state index in [0.717, 1.165) is 0 Å². The molecular formula is C34H35N3. The molecule has 186 valence electrons. The highest BCUT2D eigenvalue weighted by molar-refractivity contribution is 5.93. The van der Waals surface area contributed by atoms with Gasteiger partial charge in [0.1, 0.15) is 0 Å². The molecule has 0 spiro atoms. The Labute approximate surface area is 221 Å². The summed E-state index contributed by atoms with van der Waals surface area (Å²) in [5, 5.41) is 2.53. The lowest BCUT2D eigenvalue weighted by Gasteiger charge is -2.29. The highest BCUT2D eigenvalue weighted by Crippen LogP contribution is 2.43. The van der Waals surface area contributed by atoms with Crippen LogP contribution in [0.4, 0.5) is 22.7 Å². The minimum atomic E-state index is 0.0692. The highest BCUT2D eigenvalue weighted by atomic mass is 15.1. The van der Waals surface area contributed by atoms with Crippen LogP contribution in [0.3, 0.4) is 0 Å². The van der Waals surface area contributed by atoms with Gasteiger partial charge >= 0.3 is 0 Å². The van der Waals surface area contributed by atoms with Crippen LogP contribution >= 0.6 is 0 Å². The third-order valence-corrected chi connectivity index (χ3v) is 7.23. The number of fused-ring (bicyclic) bond motifs is 1. The van der Waals surface area contributed by atoms with E-state index >= 15 is 0 Å². The molecule has 0 aliphatic carbocycles. The van der Waals surface area contributed by atoms with E-state index in [1.165, 1.54) is 50.2 Å². The van der Waals surface area contributed by atoms with Gasteiger partial charge in [-0.25, -0.2) is 0 Å². The van der Waals surface area contributed by atoms with Gasteiger partial charge in [-0.3, -0.25) is 0 Å². The first kappa shape index (κ1) is 24.5. The third-order valence-electron chi connectivity index (χ3n) is 7.23. The van der Waals surface area contributed by atoms with E-state index < -0.39 is 0 Å². The largest absolute Gasteiger partial charge is 0.378 e. The van der Waals surface area contributed by atoms with Gasteiger partial charge in [0, 0.05) is 63.9 Å². The topological polar surface area (TPSA) is 9.72 Å². The number of para-hydroxylation sites is 1. The Hall–Kier alpha value is -4.24. The molecule has 0 bridgehead atoms. The number of hydrogen-bond donors (Lipinski definition) is 0. The van der Waals surface area contributed by atoms with Gasteiger partial charge < -0.3 is 14.7 Å². The molecule has 0 atom stereocenters. The smallest absolute Gasteiger partial charge is 0.0456 e. The predicted molar refractivity (Wildman–Crippen MR) is 161 cm³/mol. The van der Waals surface area contributed by atoms with Crippen LogP contribution in [0.2, 0.25) is 0 Å². The van der Waals surface area contributed by atoms with Crippen LogP contribution in [0.1, 0.15) is 22.6 Å². The zero-order valence-corrected chi connectivity index (χ0v) is 22.4. The van der Waals surface area contributed by atoms with Gasteiger partial charge in [-0.15, -0.1) is 0 Å². The van der Waals surface area contributed by atoms with Crippen molar-refractivity contribution in [3.8, 4) is 0 Å². The van der Waals surface area contributed by atoms with Crippen LogP contribution in [-0.4, -0.2) is 35.2 Å². The summed E-state index contributed by atoms with van der Waals surface area (Å²) < 4.78 is 0. The molecule has 0 saturated carbocycles. The lowest BCUT2D eigenvalue weighted by molar-refractivity contribution is 0.974. The predicted octanol–water partition coefficient (Wildman–Crippen LogP) is 7.92. The Morgan fingerprint density at radius 3 is 1.51 bits per heavy atom. The molecule has 37 heavy (non-hydrogen) atoms. The Morgan fingerprint density at radius 2 is 0.973 bits per heavy atom. The molecule has 0 aliphatic heterocycles. The molecule has 5 aromatic rings. The number of hydrogen-bond acceptors (Lipinski definition) is 3. The molecule has 5 rings (SSSR count). The first-order chi connectivity index (χ1) is 17.9. The minimum Gasteiger partial charge on any atom is -0.378 e. The fourth-order valence-corrected chi connectivity index (χ4v) is 5.13. The average molecular weight is 486 g/mol. The molecule has 0 N–H and O–H groups in total. The first-order valence-corrected chi connectivity index (χ1v) is 12.8. The highest BCUT2D eigenvalue weighted by Gasteiger charge is 2.25. The molecule has 0 amide bonds. The van der Waals surface area contributed by atoms with Crippen molar-refractivity contribution in [2.75, 3.05) is 49.9 Å². The van der Waals surface area contributed by atoms with E-state index in [2.05, 4.69) is 165 Å². The average Bonchev–Trinajstić information content (AvgIpc) is 2.94. The van der Waals surface area contributed by atoms with Crippen molar-refractivity contribution in [3.63, 3.8) is 0 Å². The van der Waals surface area contributed by atoms with Gasteiger partial charge in [-0.05, 0) is 69.9 Å². The summed E-state index contributed by atoms with van der Waals surface area (Å²) in [6.07, 6.45) is 0. The van der Waals surface area contributed by atoms with Crippen molar-refractivity contribution in [1.29, 1.82) is 0 Å². The van der Waals surface area contributed by atoms with E-state index in [1.54, 1.807) is 0 Å². The summed E-state index contributed by atoms with van der Waals surface area (Å²) in [5.74, 6) is 0.0692. The van der Waals surface area contributed by atoms with Crippen LogP contribution in [0.15, 0.2) is 115 Å². The van der Waals surface area contributed by atoms with Crippen molar-refractivity contribution in [3.05, 3.63) is 132 Å². The van der Waals surface area contributed by atoms with Crippen LogP contribution in [-0.2, 0) is 0 Å². The maximum absolute atomic E-state index is 2.32. The summed E-state index contributed by atoms with van der Waals surface area (Å²) >= 11 is 0. The van der Waals surface area contributed by atoms with Crippen molar-refractivity contribution >= 4 is 33.5 Å². The van der Waals surface area contributed by atoms with E-state index in [0.29, 0.717) is 0 Å². The fourth-order valence-electron chi connectivity index (χ4n) is 5.13.